The quantitative estimate of drug-likeness (QED) is 0.0507. The monoisotopic (exact) mass is 1230 g/mol. The van der Waals surface area contributed by atoms with E-state index in [1.54, 1.807) is 0 Å². The van der Waals surface area contributed by atoms with E-state index in [4.69, 9.17) is 61.6 Å². The number of hydrogen-bond acceptors (Lipinski definition) is 36. The molecule has 84 heavy (non-hydrogen) atoms. The molecule has 35 atom stereocenters. The Kier molecular flexibility index (Phi) is 24.6. The van der Waals surface area contributed by atoms with E-state index in [9.17, 15) is 117 Å². The molecule has 488 valence electrons. The number of ether oxygens (including phenoxy) is 13. The van der Waals surface area contributed by atoms with Gasteiger partial charge in [-0.2, -0.15) is 0 Å². The van der Waals surface area contributed by atoms with Crippen LogP contribution in [0.5, 0.6) is 0 Å². The molecule has 2 amide bonds. The van der Waals surface area contributed by atoms with Crippen LogP contribution in [0.2, 0.25) is 0 Å². The molecule has 7 fully saturated rings. The molecule has 7 saturated heterocycles. The van der Waals surface area contributed by atoms with Gasteiger partial charge in [0.2, 0.25) is 11.8 Å². The lowest BCUT2D eigenvalue weighted by Crippen LogP contribution is -2.70. The third kappa shape index (κ3) is 14.9. The maximum atomic E-state index is 12.7. The number of aliphatic hydroxyl groups is 21. The summed E-state index contributed by atoms with van der Waals surface area (Å²) in [6.07, 6.45) is -65.0. The van der Waals surface area contributed by atoms with E-state index in [1.165, 1.54) is 0 Å². The molecule has 0 aliphatic carbocycles. The molecule has 0 aromatic rings. The number of rotatable bonds is 21. The third-order valence-corrected chi connectivity index (χ3v) is 15.3. The summed E-state index contributed by atoms with van der Waals surface area (Å²) in [6.45, 7) is -4.77. The highest BCUT2D eigenvalue weighted by Gasteiger charge is 2.58. The fourth-order valence-corrected chi connectivity index (χ4v) is 10.6. The predicted octanol–water partition coefficient (Wildman–Crippen LogP) is -16.0. The Morgan fingerprint density at radius 3 is 1.12 bits per heavy atom. The van der Waals surface area contributed by atoms with Crippen LogP contribution < -0.4 is 10.6 Å². The first-order chi connectivity index (χ1) is 39.7. The summed E-state index contributed by atoms with van der Waals surface area (Å²) in [5.41, 5.74) is 0. The number of carbonyl (C=O) groups excluding carboxylic acids is 2. The van der Waals surface area contributed by atoms with Gasteiger partial charge in [-0.25, -0.2) is 0 Å². The van der Waals surface area contributed by atoms with Gasteiger partial charge in [-0.3, -0.25) is 9.59 Å². The van der Waals surface area contributed by atoms with Gasteiger partial charge >= 0.3 is 0 Å². The Balaban J connectivity index is 1.17. The van der Waals surface area contributed by atoms with Crippen molar-refractivity contribution in [3.05, 3.63) is 0 Å². The summed E-state index contributed by atoms with van der Waals surface area (Å²) >= 11 is 0. The fraction of sp³-hybridized carbons (Fsp3) is 0.957. The Hall–Kier alpha value is -2.42. The molecule has 7 heterocycles. The van der Waals surface area contributed by atoms with Gasteiger partial charge in [0, 0.05) is 13.8 Å². The Morgan fingerprint density at radius 1 is 0.310 bits per heavy atom. The van der Waals surface area contributed by atoms with Gasteiger partial charge in [0.15, 0.2) is 44.0 Å². The molecule has 7 aliphatic rings. The zero-order chi connectivity index (χ0) is 61.9. The van der Waals surface area contributed by atoms with Crippen LogP contribution in [-0.4, -0.2) is 380 Å². The van der Waals surface area contributed by atoms with Crippen molar-refractivity contribution in [2.75, 3.05) is 46.2 Å². The zero-order valence-electron chi connectivity index (χ0n) is 44.7. The van der Waals surface area contributed by atoms with Crippen molar-refractivity contribution in [1.29, 1.82) is 0 Å². The van der Waals surface area contributed by atoms with E-state index >= 15 is 0 Å². The molecule has 1 unspecified atom stereocenters. The standard InChI is InChI=1S/C46H78N2O36/c1-10(54)47-19-26(61)36(15(6-52)74-40(19)71)81-41-20(48-11(2)55)27(62)37(16(7-53)78-41)82-46-39(84-45-34(69)30(65)23(58)14(5-51)77-45)31(66)24(59)17(80-46)8-73-43-35(70)38(83-44-33(68)29(64)22(57)13(4-50)76-44)25(60)18(79-43)9-72-42-32(67)28(63)21(56)12(3-49)75-42/h12-46,49-53,56-71H,3-9H2,1-2H3,(H,47,54)(H,48,55)/t12-,13-,14-,15-,16-,17-,18-,19-,20-,21-,22-,23-,24-,25-,26-,27-,28+,29+,30+,31+,32+,33+,34+,35+,36-,37-,38+,39+,40?,41+,42+,43+,44-,45-,46+/m1/s1. The van der Waals surface area contributed by atoms with E-state index in [0.29, 0.717) is 0 Å². The van der Waals surface area contributed by atoms with Crippen LogP contribution >= 0.6 is 0 Å². The first kappa shape index (κ1) is 69.1. The highest BCUT2D eigenvalue weighted by atomic mass is 16.8. The number of nitrogens with one attached hydrogen (secondary N) is 2. The maximum Gasteiger partial charge on any atom is 0.217 e. The van der Waals surface area contributed by atoms with Crippen molar-refractivity contribution in [1.82, 2.24) is 10.6 Å². The number of carbonyl (C=O) groups is 2. The van der Waals surface area contributed by atoms with Crippen LogP contribution in [0.15, 0.2) is 0 Å². The normalized spacial score (nSPS) is 50.3. The summed E-state index contributed by atoms with van der Waals surface area (Å²) in [4.78, 5) is 24.7. The number of amides is 2. The molecule has 0 radical (unpaired) electrons. The lowest BCUT2D eigenvalue weighted by atomic mass is 9.94. The van der Waals surface area contributed by atoms with Crippen molar-refractivity contribution in [3.63, 3.8) is 0 Å². The van der Waals surface area contributed by atoms with E-state index < -0.39 is 273 Å². The third-order valence-electron chi connectivity index (χ3n) is 15.3. The van der Waals surface area contributed by atoms with Crippen molar-refractivity contribution < 1.29 is 178 Å². The Bertz CT molecular complexity index is 2060. The van der Waals surface area contributed by atoms with Crippen LogP contribution in [0.25, 0.3) is 0 Å². The molecule has 38 nitrogen and oxygen atoms in total. The van der Waals surface area contributed by atoms with Crippen LogP contribution in [0, 0.1) is 0 Å². The lowest BCUT2D eigenvalue weighted by molar-refractivity contribution is -0.393. The molecule has 0 spiro atoms. The molecule has 0 aromatic heterocycles. The highest BCUT2D eigenvalue weighted by molar-refractivity contribution is 5.73. The minimum Gasteiger partial charge on any atom is -0.394 e. The van der Waals surface area contributed by atoms with Crippen LogP contribution in [0.4, 0.5) is 0 Å². The number of hydrogen-bond donors (Lipinski definition) is 23. The van der Waals surface area contributed by atoms with Gasteiger partial charge in [0.1, 0.15) is 171 Å². The second-order valence-corrected chi connectivity index (χ2v) is 21.1. The van der Waals surface area contributed by atoms with E-state index in [2.05, 4.69) is 10.6 Å². The number of aliphatic hydroxyl groups excluding tert-OH is 21. The van der Waals surface area contributed by atoms with E-state index in [-0.39, 0.29) is 0 Å². The minimum atomic E-state index is -2.34. The van der Waals surface area contributed by atoms with E-state index in [1.807, 2.05) is 0 Å². The summed E-state index contributed by atoms with van der Waals surface area (Å²) in [5, 5.41) is 231. The first-order valence-electron chi connectivity index (χ1n) is 26.6. The summed E-state index contributed by atoms with van der Waals surface area (Å²) < 4.78 is 74.5. The van der Waals surface area contributed by atoms with Crippen molar-refractivity contribution >= 4 is 11.8 Å². The summed E-state index contributed by atoms with van der Waals surface area (Å²) in [5.74, 6) is -1.62. The van der Waals surface area contributed by atoms with Gasteiger partial charge in [-0.1, -0.05) is 0 Å². The van der Waals surface area contributed by atoms with E-state index in [0.717, 1.165) is 13.8 Å². The van der Waals surface area contributed by atoms with Gasteiger partial charge in [0.25, 0.3) is 0 Å². The van der Waals surface area contributed by atoms with Crippen molar-refractivity contribution in [3.8, 4) is 0 Å². The second kappa shape index (κ2) is 29.9. The van der Waals surface area contributed by atoms with Gasteiger partial charge in [0.05, 0.1) is 46.2 Å². The van der Waals surface area contributed by atoms with Crippen LogP contribution in [0.3, 0.4) is 0 Å². The largest absolute Gasteiger partial charge is 0.394 e. The maximum absolute atomic E-state index is 12.7. The first-order valence-corrected chi connectivity index (χ1v) is 26.6. The molecule has 7 rings (SSSR count). The lowest BCUT2D eigenvalue weighted by Gasteiger charge is -2.50. The average Bonchev–Trinajstić information content (AvgIpc) is 1.76. The smallest absolute Gasteiger partial charge is 0.217 e. The fourth-order valence-electron chi connectivity index (χ4n) is 10.6. The highest BCUT2D eigenvalue weighted by Crippen LogP contribution is 2.37. The minimum absolute atomic E-state index is 0.742. The molecular formula is C46H78N2O36. The zero-order valence-corrected chi connectivity index (χ0v) is 44.7. The molecular weight excluding hydrogens is 1160 g/mol. The molecule has 7 aliphatic heterocycles. The van der Waals surface area contributed by atoms with Crippen LogP contribution in [-0.2, 0) is 71.2 Å². The van der Waals surface area contributed by atoms with Gasteiger partial charge < -0.3 is 179 Å². The molecule has 0 bridgehead atoms. The molecule has 0 saturated carbocycles. The predicted molar refractivity (Wildman–Crippen MR) is 255 cm³/mol. The Morgan fingerprint density at radius 2 is 0.643 bits per heavy atom. The van der Waals surface area contributed by atoms with Gasteiger partial charge in [-0.15, -0.1) is 0 Å². The Labute approximate surface area is 475 Å². The summed E-state index contributed by atoms with van der Waals surface area (Å²) in [6, 6.07) is -3.39. The van der Waals surface area contributed by atoms with Crippen LogP contribution in [0.1, 0.15) is 13.8 Å². The summed E-state index contributed by atoms with van der Waals surface area (Å²) in [7, 11) is 0. The average molecular weight is 1240 g/mol. The molecule has 23 N–H and O–H groups in total. The SMILES string of the molecule is CC(=O)N[C@H]1[C@H](O[C@H]2[C@H](O)[C@@H](NC(C)=O)C(O)O[C@@H]2CO)O[C@H](CO)[C@@H](O[C@@H]2O[C@H](CO[C@H]3O[C@H](CO[C@H]4O[C@H](CO)[C@@H](O)[C@H](O)[C@@H]4O)[C@@H](O)[C@H](O[C@H]4O[C@H](CO)[C@@H](O)[C@H](O)[C@@H]4O)[C@@H]3O)[C@@H](O)[C@H](O)[C@@H]2O[C@H]2O[C@H](CO)[C@@H](O)[C@H](O)[C@@H]2O)[C@@H]1O. The second-order valence-electron chi connectivity index (χ2n) is 21.1. The molecule has 38 heteroatoms. The van der Waals surface area contributed by atoms with Crippen molar-refractivity contribution in [2.24, 2.45) is 0 Å². The van der Waals surface area contributed by atoms with Crippen molar-refractivity contribution in [2.45, 2.75) is 229 Å². The van der Waals surface area contributed by atoms with Gasteiger partial charge in [-0.05, 0) is 0 Å². The topological polar surface area (TPSA) is 603 Å². The molecule has 0 aromatic carbocycles.